The van der Waals surface area contributed by atoms with Gasteiger partial charge < -0.3 is 19.6 Å². The van der Waals surface area contributed by atoms with Crippen molar-refractivity contribution < 1.29 is 18.0 Å². The lowest BCUT2D eigenvalue weighted by Gasteiger charge is -2.37. The van der Waals surface area contributed by atoms with Gasteiger partial charge in [0, 0.05) is 81.1 Å². The average molecular weight is 571 g/mol. The number of rotatable bonds is 6. The number of aryl methyl sites for hydroxylation is 1. The van der Waals surface area contributed by atoms with E-state index in [-0.39, 0.29) is 5.91 Å². The quantitative estimate of drug-likeness (QED) is 0.312. The molecule has 1 amide bonds. The number of thioether (sulfide) groups is 1. The lowest BCUT2D eigenvalue weighted by molar-refractivity contribution is -0.137. The Morgan fingerprint density at radius 2 is 1.57 bits per heavy atom. The first kappa shape index (κ1) is 28.2. The molecule has 0 N–H and O–H groups in total. The van der Waals surface area contributed by atoms with Gasteiger partial charge in [-0.2, -0.15) is 13.2 Å². The molecule has 11 heteroatoms. The summed E-state index contributed by atoms with van der Waals surface area (Å²) in [6.45, 7) is 7.67. The van der Waals surface area contributed by atoms with Crippen molar-refractivity contribution in [3.05, 3.63) is 77.0 Å². The van der Waals surface area contributed by atoms with Crippen LogP contribution in [0.5, 0.6) is 0 Å². The molecule has 0 radical (unpaired) electrons. The number of halogens is 3. The fourth-order valence-electron chi connectivity index (χ4n) is 4.96. The maximum absolute atomic E-state index is 13.1. The lowest BCUT2D eigenvalue weighted by Crippen LogP contribution is -2.47. The molecule has 3 heterocycles. The Hall–Kier alpha value is -3.31. The van der Waals surface area contributed by atoms with E-state index in [1.807, 2.05) is 47.1 Å². The second-order valence-corrected chi connectivity index (χ2v) is 11.2. The number of likely N-dealkylation sites (N-methyl/N-ethyl adjacent to an activating group) is 1. The van der Waals surface area contributed by atoms with Crippen LogP contribution in [0.25, 0.3) is 0 Å². The highest BCUT2D eigenvalue weighted by Crippen LogP contribution is 2.32. The van der Waals surface area contributed by atoms with E-state index in [1.54, 1.807) is 6.07 Å². The van der Waals surface area contributed by atoms with Crippen molar-refractivity contribution in [2.75, 3.05) is 69.2 Å². The summed E-state index contributed by atoms with van der Waals surface area (Å²) < 4.78 is 39.4. The molecule has 40 heavy (non-hydrogen) atoms. The van der Waals surface area contributed by atoms with Gasteiger partial charge in [-0.1, -0.05) is 30.0 Å². The third kappa shape index (κ3) is 6.87. The number of alkyl halides is 3. The summed E-state index contributed by atoms with van der Waals surface area (Å²) in [7, 11) is 2.07. The fraction of sp³-hybridized carbons (Fsp3) is 0.414. The van der Waals surface area contributed by atoms with E-state index < -0.39 is 11.7 Å². The van der Waals surface area contributed by atoms with Crippen LogP contribution in [0, 0.1) is 6.92 Å². The van der Waals surface area contributed by atoms with Gasteiger partial charge in [-0.3, -0.25) is 4.79 Å². The summed E-state index contributed by atoms with van der Waals surface area (Å²) in [6.07, 6.45) is -4.36. The number of hydrogen-bond donors (Lipinski definition) is 0. The third-order valence-electron chi connectivity index (χ3n) is 7.29. The molecule has 0 aliphatic carbocycles. The van der Waals surface area contributed by atoms with Crippen LogP contribution in [0.1, 0.15) is 27.2 Å². The molecule has 7 nitrogen and oxygen atoms in total. The average Bonchev–Trinajstić information content (AvgIpc) is 2.96. The Morgan fingerprint density at radius 1 is 0.875 bits per heavy atom. The first-order valence-electron chi connectivity index (χ1n) is 13.4. The summed E-state index contributed by atoms with van der Waals surface area (Å²) in [5.74, 6) is 1.52. The Bertz CT molecular complexity index is 1340. The maximum atomic E-state index is 13.1. The van der Waals surface area contributed by atoms with Gasteiger partial charge >= 0.3 is 6.18 Å². The zero-order chi connectivity index (χ0) is 28.3. The molecule has 0 unspecified atom stereocenters. The molecule has 2 aromatic carbocycles. The molecule has 2 fully saturated rings. The number of benzene rings is 2. The van der Waals surface area contributed by atoms with Crippen LogP contribution < -0.4 is 9.80 Å². The van der Waals surface area contributed by atoms with Crippen molar-refractivity contribution in [3.63, 3.8) is 0 Å². The van der Waals surface area contributed by atoms with E-state index in [9.17, 15) is 18.0 Å². The SMILES string of the molecule is Cc1cc(N2CCN(c3cccc(C(F)(F)F)c3)CC2)nc(SCc2cccc(C(=O)N3CCN(C)CC3)c2)n1. The topological polar surface area (TPSA) is 55.8 Å². The van der Waals surface area contributed by atoms with Gasteiger partial charge in [0.2, 0.25) is 0 Å². The monoisotopic (exact) mass is 570 g/mol. The highest BCUT2D eigenvalue weighted by atomic mass is 32.2. The summed E-state index contributed by atoms with van der Waals surface area (Å²) in [6, 6.07) is 15.2. The van der Waals surface area contributed by atoms with Crippen molar-refractivity contribution in [2.45, 2.75) is 24.0 Å². The molecule has 212 valence electrons. The summed E-state index contributed by atoms with van der Waals surface area (Å²) in [5.41, 5.74) is 2.54. The Kier molecular flexibility index (Phi) is 8.51. The molecule has 5 rings (SSSR count). The zero-order valence-corrected chi connectivity index (χ0v) is 23.5. The van der Waals surface area contributed by atoms with Crippen LogP contribution in [-0.4, -0.2) is 85.1 Å². The molecular formula is C29H33F3N6OS. The number of nitrogens with zero attached hydrogens (tertiary/aromatic N) is 6. The van der Waals surface area contributed by atoms with Crippen LogP contribution >= 0.6 is 11.8 Å². The highest BCUT2D eigenvalue weighted by Gasteiger charge is 2.31. The zero-order valence-electron chi connectivity index (χ0n) is 22.7. The van der Waals surface area contributed by atoms with Gasteiger partial charge in [-0.05, 0) is 49.9 Å². The van der Waals surface area contributed by atoms with Crippen LogP contribution in [0.15, 0.2) is 59.8 Å². The highest BCUT2D eigenvalue weighted by molar-refractivity contribution is 7.98. The minimum absolute atomic E-state index is 0.0679. The fourth-order valence-corrected chi connectivity index (χ4v) is 5.80. The van der Waals surface area contributed by atoms with Crippen LogP contribution in [0.4, 0.5) is 24.7 Å². The molecular weight excluding hydrogens is 537 g/mol. The normalized spacial score (nSPS) is 16.9. The summed E-state index contributed by atoms with van der Waals surface area (Å²) >= 11 is 1.53. The van der Waals surface area contributed by atoms with Gasteiger partial charge in [0.05, 0.1) is 5.56 Å². The molecule has 0 saturated carbocycles. The van der Waals surface area contributed by atoms with Crippen molar-refractivity contribution in [3.8, 4) is 0 Å². The Morgan fingerprint density at radius 3 is 2.30 bits per heavy atom. The smallest absolute Gasteiger partial charge is 0.368 e. The summed E-state index contributed by atoms with van der Waals surface area (Å²) in [4.78, 5) is 30.6. The number of hydrogen-bond acceptors (Lipinski definition) is 7. The molecule has 2 aliphatic rings. The molecule has 2 saturated heterocycles. The number of carbonyl (C=O) groups is 1. The molecule has 3 aromatic rings. The Labute approximate surface area is 237 Å². The summed E-state index contributed by atoms with van der Waals surface area (Å²) in [5, 5.41) is 0.658. The second-order valence-electron chi connectivity index (χ2n) is 10.3. The van der Waals surface area contributed by atoms with Crippen molar-refractivity contribution in [1.82, 2.24) is 19.8 Å². The Balaban J connectivity index is 1.20. The van der Waals surface area contributed by atoms with E-state index in [1.165, 1.54) is 23.9 Å². The standard InChI is InChI=1S/C29H33F3N6OS/c1-21-17-26(37-15-13-36(14-16-37)25-8-4-7-24(19-25)29(30,31)32)34-28(33-21)40-20-22-5-3-6-23(18-22)27(39)38-11-9-35(2)10-12-38/h3-8,17-19H,9-16,20H2,1-2H3. The minimum atomic E-state index is -4.36. The third-order valence-corrected chi connectivity index (χ3v) is 8.21. The first-order chi connectivity index (χ1) is 19.2. The van der Waals surface area contributed by atoms with Crippen molar-refractivity contribution >= 4 is 29.2 Å². The van der Waals surface area contributed by atoms with Gasteiger partial charge in [0.1, 0.15) is 5.82 Å². The number of anilines is 2. The van der Waals surface area contributed by atoms with Crippen molar-refractivity contribution in [1.29, 1.82) is 0 Å². The number of piperazine rings is 2. The largest absolute Gasteiger partial charge is 0.416 e. The van der Waals surface area contributed by atoms with Gasteiger partial charge in [0.15, 0.2) is 5.16 Å². The first-order valence-corrected chi connectivity index (χ1v) is 14.4. The number of aromatic nitrogens is 2. The van der Waals surface area contributed by atoms with Gasteiger partial charge in [-0.15, -0.1) is 0 Å². The molecule has 0 atom stereocenters. The minimum Gasteiger partial charge on any atom is -0.368 e. The molecule has 0 spiro atoms. The van der Waals surface area contributed by atoms with Gasteiger partial charge in [0.25, 0.3) is 5.91 Å². The number of carbonyl (C=O) groups excluding carboxylic acids is 1. The maximum Gasteiger partial charge on any atom is 0.416 e. The van der Waals surface area contributed by atoms with E-state index in [4.69, 9.17) is 4.98 Å². The van der Waals surface area contributed by atoms with Crippen molar-refractivity contribution in [2.24, 2.45) is 0 Å². The van der Waals surface area contributed by atoms with E-state index in [2.05, 4.69) is 21.8 Å². The molecule has 2 aliphatic heterocycles. The van der Waals surface area contributed by atoms with Crippen LogP contribution in [0.3, 0.4) is 0 Å². The van der Waals surface area contributed by atoms with Crippen LogP contribution in [0.2, 0.25) is 0 Å². The van der Waals surface area contributed by atoms with Gasteiger partial charge in [-0.25, -0.2) is 9.97 Å². The van der Waals surface area contributed by atoms with E-state index >= 15 is 0 Å². The van der Waals surface area contributed by atoms with Crippen LogP contribution in [-0.2, 0) is 11.9 Å². The number of amides is 1. The lowest BCUT2D eigenvalue weighted by atomic mass is 10.1. The predicted molar refractivity (Wildman–Crippen MR) is 152 cm³/mol. The predicted octanol–water partition coefficient (Wildman–Crippen LogP) is 4.81. The van der Waals surface area contributed by atoms with E-state index in [0.29, 0.717) is 48.3 Å². The molecule has 1 aromatic heterocycles. The molecule has 0 bridgehead atoms. The second kappa shape index (κ2) is 12.1. The van der Waals surface area contributed by atoms with E-state index in [0.717, 1.165) is 49.3 Å².